The lowest BCUT2D eigenvalue weighted by molar-refractivity contribution is -0.129. The lowest BCUT2D eigenvalue weighted by Gasteiger charge is -2.21. The van der Waals surface area contributed by atoms with Crippen molar-refractivity contribution in [2.45, 2.75) is 19.9 Å². The average molecular weight is 382 g/mol. The SMILES string of the molecule is CC(=O)N(CCC(=O)Nc1ccccc1C(=O)NCCN)Cc1ccccc1. The lowest BCUT2D eigenvalue weighted by atomic mass is 10.1. The van der Waals surface area contributed by atoms with E-state index in [4.69, 9.17) is 5.73 Å². The van der Waals surface area contributed by atoms with Gasteiger partial charge in [-0.05, 0) is 17.7 Å². The van der Waals surface area contributed by atoms with Crippen LogP contribution in [-0.4, -0.2) is 42.3 Å². The maximum atomic E-state index is 12.4. The third kappa shape index (κ3) is 6.51. The van der Waals surface area contributed by atoms with E-state index in [1.165, 1.54) is 6.92 Å². The Morgan fingerprint density at radius 2 is 1.68 bits per heavy atom. The highest BCUT2D eigenvalue weighted by molar-refractivity contribution is 6.03. The zero-order valence-corrected chi connectivity index (χ0v) is 16.0. The van der Waals surface area contributed by atoms with Gasteiger partial charge in [-0.25, -0.2) is 0 Å². The van der Waals surface area contributed by atoms with Crippen LogP contribution in [-0.2, 0) is 16.1 Å². The fourth-order valence-corrected chi connectivity index (χ4v) is 2.67. The van der Waals surface area contributed by atoms with Crippen LogP contribution in [0.5, 0.6) is 0 Å². The molecule has 0 spiro atoms. The molecule has 7 heteroatoms. The van der Waals surface area contributed by atoms with Crippen molar-refractivity contribution in [1.82, 2.24) is 10.2 Å². The Kier molecular flexibility index (Phi) is 8.17. The maximum Gasteiger partial charge on any atom is 0.253 e. The molecule has 0 aliphatic heterocycles. The standard InChI is InChI=1S/C21H26N4O3/c1-16(26)25(15-17-7-3-2-4-8-17)14-11-20(27)24-19-10-6-5-9-18(19)21(28)23-13-12-22/h2-10H,11-15,22H2,1H3,(H,23,28)(H,24,27). The van der Waals surface area contributed by atoms with Crippen molar-refractivity contribution < 1.29 is 14.4 Å². The van der Waals surface area contributed by atoms with Gasteiger partial charge in [0.25, 0.3) is 5.91 Å². The van der Waals surface area contributed by atoms with Gasteiger partial charge in [0.1, 0.15) is 0 Å². The maximum absolute atomic E-state index is 12.4. The Labute approximate surface area is 164 Å². The average Bonchev–Trinajstić information content (AvgIpc) is 2.70. The summed E-state index contributed by atoms with van der Waals surface area (Å²) in [5.41, 5.74) is 7.21. The first-order chi connectivity index (χ1) is 13.5. The highest BCUT2D eigenvalue weighted by atomic mass is 16.2. The van der Waals surface area contributed by atoms with Gasteiger partial charge in [-0.2, -0.15) is 0 Å². The molecule has 0 aliphatic rings. The third-order valence-electron chi connectivity index (χ3n) is 4.15. The van der Waals surface area contributed by atoms with Crippen molar-refractivity contribution in [2.24, 2.45) is 5.73 Å². The van der Waals surface area contributed by atoms with E-state index in [1.54, 1.807) is 29.2 Å². The second-order valence-corrected chi connectivity index (χ2v) is 6.31. The number of nitrogens with zero attached hydrogens (tertiary/aromatic N) is 1. The number of amides is 3. The molecular formula is C21H26N4O3. The van der Waals surface area contributed by atoms with Crippen LogP contribution in [0.1, 0.15) is 29.3 Å². The molecule has 0 fully saturated rings. The van der Waals surface area contributed by atoms with E-state index in [1.807, 2.05) is 30.3 Å². The zero-order chi connectivity index (χ0) is 20.4. The van der Waals surface area contributed by atoms with Gasteiger partial charge in [-0.3, -0.25) is 14.4 Å². The molecule has 2 rings (SSSR count). The van der Waals surface area contributed by atoms with E-state index in [-0.39, 0.29) is 30.7 Å². The highest BCUT2D eigenvalue weighted by Gasteiger charge is 2.15. The van der Waals surface area contributed by atoms with Crippen molar-refractivity contribution in [1.29, 1.82) is 0 Å². The number of nitrogens with one attached hydrogen (secondary N) is 2. The second kappa shape index (κ2) is 10.8. The Morgan fingerprint density at radius 1 is 1.00 bits per heavy atom. The quantitative estimate of drug-likeness (QED) is 0.614. The zero-order valence-electron chi connectivity index (χ0n) is 16.0. The molecule has 0 unspecified atom stereocenters. The minimum Gasteiger partial charge on any atom is -0.351 e. The molecular weight excluding hydrogens is 356 g/mol. The topological polar surface area (TPSA) is 105 Å². The predicted molar refractivity (Wildman–Crippen MR) is 109 cm³/mol. The molecule has 28 heavy (non-hydrogen) atoms. The molecule has 0 aromatic heterocycles. The van der Waals surface area contributed by atoms with Gasteiger partial charge in [0, 0.05) is 39.5 Å². The summed E-state index contributed by atoms with van der Waals surface area (Å²) >= 11 is 0. The van der Waals surface area contributed by atoms with Crippen LogP contribution in [0.3, 0.4) is 0 Å². The Bertz CT molecular complexity index is 808. The number of hydrogen-bond acceptors (Lipinski definition) is 4. The number of para-hydroxylation sites is 1. The molecule has 0 heterocycles. The van der Waals surface area contributed by atoms with E-state index in [9.17, 15) is 14.4 Å². The molecule has 3 amide bonds. The third-order valence-corrected chi connectivity index (χ3v) is 4.15. The Morgan fingerprint density at radius 3 is 2.36 bits per heavy atom. The number of nitrogens with two attached hydrogens (primary N) is 1. The first kappa shape index (κ1) is 21.1. The first-order valence-corrected chi connectivity index (χ1v) is 9.18. The van der Waals surface area contributed by atoms with Gasteiger partial charge in [0.2, 0.25) is 11.8 Å². The van der Waals surface area contributed by atoms with Crippen molar-refractivity contribution in [3.8, 4) is 0 Å². The van der Waals surface area contributed by atoms with Gasteiger partial charge in [0.05, 0.1) is 11.3 Å². The Hall–Kier alpha value is -3.19. The van der Waals surface area contributed by atoms with E-state index < -0.39 is 0 Å². The van der Waals surface area contributed by atoms with Crippen LogP contribution in [0.2, 0.25) is 0 Å². The summed E-state index contributed by atoms with van der Waals surface area (Å²) in [6.07, 6.45) is 0.130. The fraction of sp³-hybridized carbons (Fsp3) is 0.286. The monoisotopic (exact) mass is 382 g/mol. The van der Waals surface area contributed by atoms with Crippen molar-refractivity contribution in [3.63, 3.8) is 0 Å². The number of carbonyl (C=O) groups is 3. The minimum absolute atomic E-state index is 0.0989. The summed E-state index contributed by atoms with van der Waals surface area (Å²) in [5, 5.41) is 5.44. The van der Waals surface area contributed by atoms with Crippen molar-refractivity contribution >= 4 is 23.4 Å². The molecule has 2 aromatic rings. The summed E-state index contributed by atoms with van der Waals surface area (Å²) in [6.45, 7) is 2.91. The molecule has 0 bridgehead atoms. The highest BCUT2D eigenvalue weighted by Crippen LogP contribution is 2.15. The van der Waals surface area contributed by atoms with Crippen LogP contribution in [0.15, 0.2) is 54.6 Å². The molecule has 0 radical (unpaired) electrons. The summed E-state index contributed by atoms with van der Waals surface area (Å²) in [6, 6.07) is 16.4. The molecule has 4 N–H and O–H groups in total. The van der Waals surface area contributed by atoms with E-state index >= 15 is 0 Å². The molecule has 7 nitrogen and oxygen atoms in total. The summed E-state index contributed by atoms with van der Waals surface area (Å²) in [4.78, 5) is 38.1. The minimum atomic E-state index is -0.296. The van der Waals surface area contributed by atoms with Gasteiger partial charge in [0.15, 0.2) is 0 Å². The number of carbonyl (C=O) groups excluding carboxylic acids is 3. The van der Waals surface area contributed by atoms with E-state index in [0.717, 1.165) is 5.56 Å². The van der Waals surface area contributed by atoms with Crippen LogP contribution >= 0.6 is 0 Å². The number of hydrogen-bond donors (Lipinski definition) is 3. The van der Waals surface area contributed by atoms with E-state index in [2.05, 4.69) is 10.6 Å². The number of anilines is 1. The van der Waals surface area contributed by atoms with Gasteiger partial charge in [-0.15, -0.1) is 0 Å². The number of rotatable bonds is 9. The second-order valence-electron chi connectivity index (χ2n) is 6.31. The van der Waals surface area contributed by atoms with Crippen molar-refractivity contribution in [3.05, 3.63) is 65.7 Å². The van der Waals surface area contributed by atoms with Crippen LogP contribution in [0, 0.1) is 0 Å². The van der Waals surface area contributed by atoms with Crippen LogP contribution in [0.4, 0.5) is 5.69 Å². The molecule has 0 saturated heterocycles. The van der Waals surface area contributed by atoms with Crippen molar-refractivity contribution in [2.75, 3.05) is 25.0 Å². The molecule has 148 valence electrons. The predicted octanol–water partition coefficient (Wildman–Crippen LogP) is 1.75. The summed E-state index contributed by atoms with van der Waals surface area (Å²) in [5.74, 6) is -0.660. The largest absolute Gasteiger partial charge is 0.351 e. The normalized spacial score (nSPS) is 10.2. The van der Waals surface area contributed by atoms with Crippen LogP contribution in [0.25, 0.3) is 0 Å². The van der Waals surface area contributed by atoms with Gasteiger partial charge >= 0.3 is 0 Å². The first-order valence-electron chi connectivity index (χ1n) is 9.18. The molecule has 2 aromatic carbocycles. The summed E-state index contributed by atoms with van der Waals surface area (Å²) in [7, 11) is 0. The number of benzene rings is 2. The lowest BCUT2D eigenvalue weighted by Crippen LogP contribution is -2.32. The van der Waals surface area contributed by atoms with E-state index in [0.29, 0.717) is 30.9 Å². The van der Waals surface area contributed by atoms with Gasteiger partial charge in [-0.1, -0.05) is 42.5 Å². The smallest absolute Gasteiger partial charge is 0.253 e. The Balaban J connectivity index is 1.96. The van der Waals surface area contributed by atoms with Gasteiger partial charge < -0.3 is 21.3 Å². The molecule has 0 saturated carbocycles. The summed E-state index contributed by atoms with van der Waals surface area (Å²) < 4.78 is 0. The fourth-order valence-electron chi connectivity index (χ4n) is 2.67. The molecule has 0 atom stereocenters. The molecule has 0 aliphatic carbocycles. The van der Waals surface area contributed by atoms with Crippen LogP contribution < -0.4 is 16.4 Å².